The van der Waals surface area contributed by atoms with E-state index in [9.17, 15) is 23.4 Å². The van der Waals surface area contributed by atoms with Gasteiger partial charge in [0.1, 0.15) is 0 Å². The number of carbonyl (C=O) groups is 1. The van der Waals surface area contributed by atoms with Crippen LogP contribution in [0, 0.1) is 52.3 Å². The van der Waals surface area contributed by atoms with Crippen molar-refractivity contribution in [2.75, 3.05) is 6.61 Å². The van der Waals surface area contributed by atoms with Crippen molar-refractivity contribution >= 4 is 16.1 Å². The summed E-state index contributed by atoms with van der Waals surface area (Å²) in [6, 6.07) is 0. The van der Waals surface area contributed by atoms with Crippen LogP contribution in [-0.4, -0.2) is 48.8 Å². The number of carbonyl (C=O) groups excluding carboxylic acids is 1. The van der Waals surface area contributed by atoms with Gasteiger partial charge in [0.2, 0.25) is 10.0 Å². The number of hydrogen-bond acceptors (Lipinski definition) is 6. The topological polar surface area (TPSA) is 113 Å². The highest BCUT2D eigenvalue weighted by atomic mass is 32.2. The fourth-order valence-electron chi connectivity index (χ4n) is 10.9. The van der Waals surface area contributed by atoms with Gasteiger partial charge >= 0.3 is 6.09 Å². The van der Waals surface area contributed by atoms with Gasteiger partial charge in [-0.15, -0.1) is 0 Å². The molecule has 5 rings (SSSR count). The second-order valence-corrected chi connectivity index (χ2v) is 16.5. The number of nitrogens with one attached hydrogen (secondary N) is 1. The van der Waals surface area contributed by atoms with E-state index in [2.05, 4.69) is 32.4 Å². The highest BCUT2D eigenvalue weighted by Gasteiger charge is 2.64. The van der Waals surface area contributed by atoms with Crippen molar-refractivity contribution in [1.29, 1.82) is 0 Å². The molecule has 0 aromatic carbocycles. The number of sulfonamides is 1. The Labute approximate surface area is 236 Å². The first kappa shape index (κ1) is 29.6. The van der Waals surface area contributed by atoms with Crippen LogP contribution in [0.5, 0.6) is 0 Å². The second-order valence-electron chi connectivity index (χ2n) is 14.6. The predicted molar refractivity (Wildman–Crippen MR) is 151 cm³/mol. The Morgan fingerprint density at radius 3 is 2.33 bits per heavy atom. The molecular weight excluding hydrogens is 514 g/mol. The molecule has 1 amide bonds. The molecule has 39 heavy (non-hydrogen) atoms. The van der Waals surface area contributed by atoms with Crippen LogP contribution >= 0.6 is 0 Å². The minimum atomic E-state index is -3.65. The van der Waals surface area contributed by atoms with Crippen LogP contribution in [0.15, 0.2) is 0 Å². The predicted octanol–water partition coefficient (Wildman–Crippen LogP) is 5.64. The SMILES string of the molecule is CC[C@@H]1C2C[C@H](O)CC[C@]2(C)[C@H]2CC[C@@]3(C)C(CC[C@@H]3[C@H](C)CCOC(=O)NS(=O)(=O)C3CCCC3)[C@@H]2[C@@H]1O. The van der Waals surface area contributed by atoms with Gasteiger partial charge in [-0.05, 0) is 116 Å². The summed E-state index contributed by atoms with van der Waals surface area (Å²) < 4.78 is 32.3. The third-order valence-corrected chi connectivity index (χ3v) is 14.7. The maximum Gasteiger partial charge on any atom is 0.420 e. The van der Waals surface area contributed by atoms with Crippen molar-refractivity contribution in [3.8, 4) is 0 Å². The number of amides is 1. The van der Waals surface area contributed by atoms with Crippen LogP contribution in [0.4, 0.5) is 4.79 Å². The molecule has 0 aliphatic heterocycles. The monoisotopic (exact) mass is 567 g/mol. The van der Waals surface area contributed by atoms with Gasteiger partial charge in [0.25, 0.3) is 0 Å². The normalized spacial score (nSPS) is 45.2. The molecule has 224 valence electrons. The highest BCUT2D eigenvalue weighted by molar-refractivity contribution is 7.90. The number of hydrogen-bond donors (Lipinski definition) is 3. The van der Waals surface area contributed by atoms with Gasteiger partial charge in [0.15, 0.2) is 0 Å². The van der Waals surface area contributed by atoms with E-state index in [1.54, 1.807) is 0 Å². The molecule has 5 aliphatic rings. The van der Waals surface area contributed by atoms with Crippen molar-refractivity contribution in [3.05, 3.63) is 0 Å². The van der Waals surface area contributed by atoms with Crippen LogP contribution in [0.3, 0.4) is 0 Å². The molecule has 3 N–H and O–H groups in total. The Bertz CT molecular complexity index is 997. The summed E-state index contributed by atoms with van der Waals surface area (Å²) in [5, 5.41) is 21.9. The zero-order valence-corrected chi connectivity index (χ0v) is 25.4. The third kappa shape index (κ3) is 5.17. The number of ether oxygens (including phenoxy) is 1. The van der Waals surface area contributed by atoms with E-state index in [4.69, 9.17) is 4.74 Å². The van der Waals surface area contributed by atoms with E-state index in [1.807, 2.05) is 0 Å². The average molecular weight is 568 g/mol. The summed E-state index contributed by atoms with van der Waals surface area (Å²) in [5.74, 6) is 2.87. The largest absolute Gasteiger partial charge is 0.449 e. The highest BCUT2D eigenvalue weighted by Crippen LogP contribution is 2.69. The van der Waals surface area contributed by atoms with Crippen LogP contribution < -0.4 is 4.72 Å². The third-order valence-electron chi connectivity index (χ3n) is 12.9. The van der Waals surface area contributed by atoms with Gasteiger partial charge in [-0.2, -0.15) is 0 Å². The molecule has 2 unspecified atom stereocenters. The van der Waals surface area contributed by atoms with Gasteiger partial charge < -0.3 is 14.9 Å². The van der Waals surface area contributed by atoms with E-state index in [0.29, 0.717) is 48.3 Å². The Balaban J connectivity index is 1.22. The lowest BCUT2D eigenvalue weighted by Gasteiger charge is -2.64. The Hall–Kier alpha value is -0.860. The number of fused-ring (bicyclic) bond motifs is 5. The standard InChI is InChI=1S/C31H53NO6S/c1-5-22-26-18-20(33)12-15-31(26,4)25-13-16-30(3)23(10-11-24(30)27(25)28(22)34)19(2)14-17-38-29(35)32-39(36,37)21-8-6-7-9-21/h19-28,33-34H,5-18H2,1-4H3,(H,32,35)/t19-,20-,22-,23-,24?,25+,26?,27+,28-,30-,31-/m1/s1. The molecule has 8 heteroatoms. The summed E-state index contributed by atoms with van der Waals surface area (Å²) in [7, 11) is -3.65. The number of rotatable bonds is 7. The lowest BCUT2D eigenvalue weighted by atomic mass is 9.41. The summed E-state index contributed by atoms with van der Waals surface area (Å²) >= 11 is 0. The zero-order chi connectivity index (χ0) is 28.2. The van der Waals surface area contributed by atoms with Gasteiger partial charge in [0.05, 0.1) is 24.1 Å². The number of aliphatic hydroxyl groups excluding tert-OH is 2. The smallest absolute Gasteiger partial charge is 0.420 e. The second kappa shape index (κ2) is 11.1. The molecule has 0 heterocycles. The van der Waals surface area contributed by atoms with Crippen molar-refractivity contribution in [1.82, 2.24) is 4.72 Å². The van der Waals surface area contributed by atoms with Gasteiger partial charge in [-0.1, -0.05) is 47.0 Å². The lowest BCUT2D eigenvalue weighted by Crippen LogP contribution is -2.62. The molecule has 7 nitrogen and oxygen atoms in total. The molecule has 5 fully saturated rings. The maximum atomic E-state index is 12.4. The summed E-state index contributed by atoms with van der Waals surface area (Å²) in [6.07, 6.45) is 10.7. The molecule has 5 saturated carbocycles. The van der Waals surface area contributed by atoms with E-state index in [0.717, 1.165) is 64.2 Å². The van der Waals surface area contributed by atoms with Crippen molar-refractivity contribution < 1.29 is 28.2 Å². The molecular formula is C31H53NO6S. The van der Waals surface area contributed by atoms with Crippen LogP contribution in [0.2, 0.25) is 0 Å². The molecule has 5 aliphatic carbocycles. The Morgan fingerprint density at radius 2 is 1.64 bits per heavy atom. The summed E-state index contributed by atoms with van der Waals surface area (Å²) in [5.41, 5.74) is 0.361. The minimum Gasteiger partial charge on any atom is -0.449 e. The van der Waals surface area contributed by atoms with Crippen molar-refractivity contribution in [2.45, 2.75) is 129 Å². The molecule has 0 aromatic heterocycles. The molecule has 11 atom stereocenters. The summed E-state index contributed by atoms with van der Waals surface area (Å²) in [6.45, 7) is 9.62. The van der Waals surface area contributed by atoms with Crippen LogP contribution in [0.25, 0.3) is 0 Å². The van der Waals surface area contributed by atoms with E-state index in [-0.39, 0.29) is 35.6 Å². The lowest BCUT2D eigenvalue weighted by molar-refractivity contribution is -0.203. The fourth-order valence-corrected chi connectivity index (χ4v) is 12.3. The molecule has 0 radical (unpaired) electrons. The molecule has 0 bridgehead atoms. The van der Waals surface area contributed by atoms with Crippen molar-refractivity contribution in [3.63, 3.8) is 0 Å². The van der Waals surface area contributed by atoms with E-state index in [1.165, 1.54) is 6.42 Å². The first-order valence-corrected chi connectivity index (χ1v) is 17.5. The Kier molecular flexibility index (Phi) is 8.42. The quantitative estimate of drug-likeness (QED) is 0.367. The van der Waals surface area contributed by atoms with Crippen LogP contribution in [0.1, 0.15) is 111 Å². The maximum absolute atomic E-state index is 12.4. The van der Waals surface area contributed by atoms with E-state index >= 15 is 0 Å². The summed E-state index contributed by atoms with van der Waals surface area (Å²) in [4.78, 5) is 12.3. The van der Waals surface area contributed by atoms with E-state index < -0.39 is 21.4 Å². The first-order chi connectivity index (χ1) is 18.4. The zero-order valence-electron chi connectivity index (χ0n) is 24.6. The van der Waals surface area contributed by atoms with Crippen LogP contribution in [-0.2, 0) is 14.8 Å². The molecule has 0 spiro atoms. The first-order valence-electron chi connectivity index (χ1n) is 16.0. The van der Waals surface area contributed by atoms with Gasteiger partial charge in [-0.25, -0.2) is 17.9 Å². The van der Waals surface area contributed by atoms with Gasteiger partial charge in [-0.3, -0.25) is 0 Å². The average Bonchev–Trinajstić information content (AvgIpc) is 3.54. The van der Waals surface area contributed by atoms with Crippen molar-refractivity contribution in [2.24, 2.45) is 52.3 Å². The molecule has 0 saturated heterocycles. The fraction of sp³-hybridized carbons (Fsp3) is 0.968. The Morgan fingerprint density at radius 1 is 0.974 bits per heavy atom. The number of aliphatic hydroxyl groups is 2. The van der Waals surface area contributed by atoms with Gasteiger partial charge in [0, 0.05) is 0 Å². The molecule has 0 aromatic rings. The minimum absolute atomic E-state index is 0.158.